The highest BCUT2D eigenvalue weighted by molar-refractivity contribution is 8.37. The van der Waals surface area contributed by atoms with Crippen LogP contribution in [0, 0.1) is 58.5 Å². The van der Waals surface area contributed by atoms with Gasteiger partial charge in [0.15, 0.2) is 55.4 Å². The standard InChI is InChI=1S/C78H103N24O28P5S5/c1-45(2)50-29-61(98-23-17-60(88-49(7)103)89-76(98)108)121-55(50)36-116-132(137,112-25-19-80-9)127-51-30-62(99-34-47(5)70(104)94-77(99)109)122-56(51)38-118-135(140,115-28-22-83-12)130-54-33-65(102-44-85-67-69(102)91-75(93-73(67)107)87-42-97(15)16)125-59(54)40-120-133(138,113-26-20-81-10)128-52-31-63(100-35-48(6)71(105)95-78(100)110)123-57(52)39-119-134(139,114-27-21-82-11)129-53-32-64(124-58(53)37-117-131(136,126-46(3)4)111-24-18-79-8)101-43-84-66-68(101)90-74(92-72(66)106)86-41-96(13)14/h17,23,34-35,41-46,50-59,61-65H,18-22,24-33,36-40H2,1-7,13-16H3,(H,90,92,106)(H,91,93,107)(H,94,104,109)(H,95,105,110)(H,88,89,103,108)/b86-41+,87-42+/t50?,51?,52?,53?,54?,55-,56-,57-,58-,59-,61-,62-,63-,64-,65-,131?,132?,133?,134?,135?/m1/s1. The summed E-state index contributed by atoms with van der Waals surface area (Å²) in [5.41, 5.74) is -5.19. The summed E-state index contributed by atoms with van der Waals surface area (Å²) in [5, 5.41) is 2.49. The molecule has 0 radical (unpaired) electrons. The number of rotatable bonds is 51. The fraction of sp³-hybridized carbons (Fsp3) is 0.615. The molecule has 12 heterocycles. The molecule has 52 nitrogen and oxygen atoms in total. The first-order valence-corrected chi connectivity index (χ1v) is 56.1. The number of hydrogen-bond donors (Lipinski definition) is 5. The van der Waals surface area contributed by atoms with Crippen molar-refractivity contribution in [3.63, 3.8) is 0 Å². The van der Waals surface area contributed by atoms with Crippen LogP contribution in [-0.4, -0.2) is 284 Å². The first-order chi connectivity index (χ1) is 66.6. The van der Waals surface area contributed by atoms with Gasteiger partial charge in [-0.25, -0.2) is 67.2 Å². The number of aliphatic imine (C=N–C) groups is 2. The van der Waals surface area contributed by atoms with Crippen LogP contribution in [0.4, 0.5) is 17.7 Å². The van der Waals surface area contributed by atoms with Gasteiger partial charge < -0.3 is 124 Å². The van der Waals surface area contributed by atoms with E-state index in [-0.39, 0.29) is 148 Å². The van der Waals surface area contributed by atoms with E-state index in [4.69, 9.17) is 186 Å². The summed E-state index contributed by atoms with van der Waals surface area (Å²) in [6.45, 7) is 44.5. The van der Waals surface area contributed by atoms with E-state index in [1.807, 2.05) is 13.8 Å². The molecule has 12 rings (SSSR count). The molecule has 5 fully saturated rings. The third-order valence-electron chi connectivity index (χ3n) is 21.1. The number of aromatic amines is 4. The van der Waals surface area contributed by atoms with Crippen molar-refractivity contribution < 1.29 is 96.3 Å². The maximum absolute atomic E-state index is 14.0. The number of nitrogens with zero attached hydrogens (tertiary/aromatic N) is 19. The molecule has 0 saturated carbocycles. The van der Waals surface area contributed by atoms with Gasteiger partial charge >= 0.3 is 17.1 Å². The number of carbonyl (C=O) groups excluding carboxylic acids is 1. The molecular formula is C78H103N24O28P5S5. The molecule has 7 aromatic rings. The van der Waals surface area contributed by atoms with Crippen LogP contribution < -0.4 is 44.6 Å². The summed E-state index contributed by atoms with van der Waals surface area (Å²) < 4.78 is 137. The van der Waals surface area contributed by atoms with Crippen molar-refractivity contribution in [3.05, 3.63) is 178 Å². The van der Waals surface area contributed by atoms with E-state index in [0.717, 1.165) is 9.13 Å². The lowest BCUT2D eigenvalue weighted by Crippen LogP contribution is -2.34. The summed E-state index contributed by atoms with van der Waals surface area (Å²) in [7, 11) is -14.2. The molecule has 7 aromatic heterocycles. The van der Waals surface area contributed by atoms with E-state index in [1.54, 1.807) is 51.8 Å². The van der Waals surface area contributed by atoms with Crippen molar-refractivity contribution in [2.45, 2.75) is 173 Å². The third-order valence-corrected chi connectivity index (χ3v) is 33.2. The quantitative estimate of drug-likeness (QED) is 0.00628. The van der Waals surface area contributed by atoms with Crippen LogP contribution in [0.2, 0.25) is 0 Å². The Balaban J connectivity index is 0.865. The van der Waals surface area contributed by atoms with Crippen LogP contribution >= 0.6 is 35.7 Å². The fourth-order valence-electron chi connectivity index (χ4n) is 14.7. The van der Waals surface area contributed by atoms with Crippen molar-refractivity contribution in [3.8, 4) is 0 Å². The van der Waals surface area contributed by atoms with Gasteiger partial charge in [0.1, 0.15) is 125 Å². The molecule has 5 saturated heterocycles. The SMILES string of the molecule is [C-]#[N+]CCO[P+]([S-])(OC[C@H]1O[C@@H](n2cnc3c(=O)[nH]c(/N=C/N(C)C)nc32)CC1O[P+]([S-])(OCC[N+]#[C-])OC[C@H]1O[C@@H](n2cc(C)c(=O)[nH]c2=O)CC1O[P+]([S-])(OCC[N+]#[C-])OC[C@H]1O[C@@H](n2cnc3c(=O)[nH]c(/N=C/N(C)C)nc32)CC1O[P+]([S-])(OCC[N+]#[C-])OC[C@H]1O[C@@H](n2cc(C)c(=O)[nH]c2=O)CC1O[P+]([S-])(OCC[N+]#[C-])OC[C@H]1O[C@@H](n2ccc(NC(C)=O)nc2=O)CC1C(C)C)OC(C)C. The van der Waals surface area contributed by atoms with Gasteiger partial charge in [0.05, 0.1) is 31.4 Å². The first-order valence-electron chi connectivity index (χ1n) is 43.3. The van der Waals surface area contributed by atoms with Gasteiger partial charge in [-0.05, 0) is 52.0 Å². The summed E-state index contributed by atoms with van der Waals surface area (Å²) in [6.07, 6.45) is -8.88. The number of aryl methyl sites for hydroxylation is 2. The predicted molar refractivity (Wildman–Crippen MR) is 520 cm³/mol. The van der Waals surface area contributed by atoms with Crippen molar-refractivity contribution >= 4 is 156 Å². The number of anilines is 1. The number of ether oxygens (including phenoxy) is 5. The Hall–Kier alpha value is -8.10. The molecule has 5 aliphatic heterocycles. The second-order valence-corrected chi connectivity index (χ2v) is 47.6. The Morgan fingerprint density at radius 2 is 0.807 bits per heavy atom. The maximum Gasteiger partial charge on any atom is 0.351 e. The number of hydrogen-bond acceptors (Lipinski definition) is 40. The monoisotopic (exact) mass is 2140 g/mol. The smallest absolute Gasteiger partial charge is 0.351 e. The molecule has 62 heteroatoms. The lowest BCUT2D eigenvalue weighted by Gasteiger charge is -2.34. The number of aromatic nitrogens is 14. The van der Waals surface area contributed by atoms with Crippen LogP contribution in [0.15, 0.2) is 80.9 Å². The molecule has 5 N–H and O–H groups in total. The Labute approximate surface area is 829 Å². The van der Waals surface area contributed by atoms with Crippen molar-refractivity contribution in [1.82, 2.24) is 77.5 Å². The van der Waals surface area contributed by atoms with E-state index in [0.29, 0.717) is 6.42 Å². The van der Waals surface area contributed by atoms with E-state index < -0.39 is 213 Å². The summed E-state index contributed by atoms with van der Waals surface area (Å²) in [6, 6.07) is 1.45. The lowest BCUT2D eigenvalue weighted by atomic mass is 9.89. The minimum absolute atomic E-state index is 0.0282. The molecule has 0 bridgehead atoms. The highest BCUT2D eigenvalue weighted by Crippen LogP contribution is 2.69. The van der Waals surface area contributed by atoms with Crippen molar-refractivity contribution in [2.24, 2.45) is 21.8 Å². The number of imidazole rings is 2. The van der Waals surface area contributed by atoms with Gasteiger partial charge in [0.2, 0.25) is 50.5 Å². The molecule has 0 spiro atoms. The summed E-state index contributed by atoms with van der Waals surface area (Å²) in [4.78, 5) is 167. The predicted octanol–water partition coefficient (Wildman–Crippen LogP) is 7.19. The topological polar surface area (TPSA) is 538 Å². The average Bonchev–Trinajstić information content (AvgIpc) is 1.63. The summed E-state index contributed by atoms with van der Waals surface area (Å²) in [5.74, 6) is -0.960. The number of amides is 1. The summed E-state index contributed by atoms with van der Waals surface area (Å²) >= 11 is 31.1. The molecule has 0 aromatic carbocycles. The van der Waals surface area contributed by atoms with Gasteiger partial charge in [-0.15, -0.1) is 0 Å². The molecule has 5 aliphatic rings. The van der Waals surface area contributed by atoms with Crippen LogP contribution in [0.5, 0.6) is 0 Å². The number of nitrogens with one attached hydrogen (secondary N) is 5. The van der Waals surface area contributed by atoms with Crippen LogP contribution in [0.1, 0.15) is 109 Å². The Bertz CT molecular complexity index is 6230. The normalized spacial score (nSPS) is 24.8. The van der Waals surface area contributed by atoms with Gasteiger partial charge in [-0.2, -0.15) is 82.8 Å². The molecule has 10 unspecified atom stereocenters. The van der Waals surface area contributed by atoms with E-state index in [2.05, 4.69) is 84.4 Å². The van der Waals surface area contributed by atoms with E-state index >= 15 is 0 Å². The highest BCUT2D eigenvalue weighted by Gasteiger charge is 2.55. The van der Waals surface area contributed by atoms with E-state index in [1.165, 1.54) is 84.5 Å². The first kappa shape index (κ1) is 111. The lowest BCUT2D eigenvalue weighted by molar-refractivity contribution is -0.114. The minimum atomic E-state index is -4.46. The van der Waals surface area contributed by atoms with E-state index in [9.17, 15) is 38.4 Å². The van der Waals surface area contributed by atoms with Gasteiger partial charge in [0, 0.05) is 90.5 Å². The second kappa shape index (κ2) is 50.1. The average molecular weight is 2140 g/mol. The highest BCUT2D eigenvalue weighted by atomic mass is 32.7. The Kier molecular flexibility index (Phi) is 39.6. The largest absolute Gasteiger partial charge is 0.459 e. The van der Waals surface area contributed by atoms with Crippen LogP contribution in [-0.2, 0) is 158 Å². The molecule has 140 heavy (non-hydrogen) atoms. The van der Waals surface area contributed by atoms with Crippen LogP contribution in [0.3, 0.4) is 0 Å². The molecule has 0 aliphatic carbocycles. The minimum Gasteiger partial charge on any atom is -0.459 e. The molecular weight excluding hydrogens is 2040 g/mol. The Morgan fingerprint density at radius 1 is 0.479 bits per heavy atom. The molecule has 1 amide bonds. The molecule has 758 valence electrons. The van der Waals surface area contributed by atoms with Gasteiger partial charge in [-0.1, -0.05) is 13.8 Å². The molecule has 20 atom stereocenters. The van der Waals surface area contributed by atoms with Crippen LogP contribution in [0.25, 0.3) is 46.6 Å². The zero-order valence-electron chi connectivity index (χ0n) is 77.3. The van der Waals surface area contributed by atoms with Crippen molar-refractivity contribution in [2.75, 3.05) is 132 Å². The van der Waals surface area contributed by atoms with Gasteiger partial charge in [-0.3, -0.25) is 66.7 Å². The zero-order chi connectivity index (χ0) is 101. The van der Waals surface area contributed by atoms with Crippen molar-refractivity contribution in [1.29, 1.82) is 0 Å². The Morgan fingerprint density at radius 3 is 1.14 bits per heavy atom. The van der Waals surface area contributed by atoms with Gasteiger partial charge in [0.25, 0.3) is 58.0 Å². The number of fused-ring (bicyclic) bond motifs is 2. The third kappa shape index (κ3) is 29.6. The zero-order valence-corrected chi connectivity index (χ0v) is 85.8. The number of carbonyl (C=O) groups is 1. The second-order valence-electron chi connectivity index (χ2n) is 32.7. The maximum atomic E-state index is 14.0. The number of H-pyrrole nitrogens is 4. The fourth-order valence-corrected chi connectivity index (χ4v) is 25.5.